The summed E-state index contributed by atoms with van der Waals surface area (Å²) in [6.07, 6.45) is 3.23. The number of hydrogen-bond donors (Lipinski definition) is 1. The summed E-state index contributed by atoms with van der Waals surface area (Å²) in [6.45, 7) is 4.56. The van der Waals surface area contributed by atoms with Gasteiger partial charge in [-0.1, -0.05) is 36.4 Å². The zero-order chi connectivity index (χ0) is 19.7. The topological polar surface area (TPSA) is 59.4 Å². The minimum Gasteiger partial charge on any atom is -0.380 e. The number of rotatable bonds is 5. The molecule has 1 amide bonds. The molecule has 1 atom stereocenters. The Kier molecular flexibility index (Phi) is 5.15. The Bertz CT molecular complexity index is 1010. The highest BCUT2D eigenvalue weighted by Crippen LogP contribution is 2.28. The average molecular weight is 378 g/mol. The van der Waals surface area contributed by atoms with Crippen LogP contribution >= 0.6 is 0 Å². The van der Waals surface area contributed by atoms with Crippen LogP contribution in [-0.2, 0) is 18.3 Å². The fraction of sp³-hybridized carbons (Fsp3) is 0.364. The molecule has 1 saturated heterocycles. The van der Waals surface area contributed by atoms with E-state index in [0.29, 0.717) is 12.2 Å². The minimum atomic E-state index is -0.169. The highest BCUT2D eigenvalue weighted by molar-refractivity contribution is 6.09. The van der Waals surface area contributed by atoms with Gasteiger partial charge in [-0.15, -0.1) is 0 Å². The van der Waals surface area contributed by atoms with Crippen molar-refractivity contribution < 1.29 is 9.53 Å². The monoisotopic (exact) mass is 378 g/mol. The number of nitrogens with zero attached hydrogens (tertiary/aromatic N) is 3. The van der Waals surface area contributed by atoms with Gasteiger partial charge in [0.25, 0.3) is 5.91 Å². The zero-order valence-corrected chi connectivity index (χ0v) is 16.6. The van der Waals surface area contributed by atoms with Gasteiger partial charge in [0.15, 0.2) is 5.69 Å². The number of carbonyl (C=O) groups excluding carboxylic acids is 1. The van der Waals surface area contributed by atoms with E-state index in [9.17, 15) is 4.79 Å². The van der Waals surface area contributed by atoms with E-state index in [2.05, 4.69) is 27.4 Å². The van der Waals surface area contributed by atoms with Gasteiger partial charge >= 0.3 is 0 Å². The first-order chi connectivity index (χ1) is 13.5. The van der Waals surface area contributed by atoms with E-state index in [-0.39, 0.29) is 12.0 Å². The molecule has 0 saturated carbocycles. The Labute approximate surface area is 165 Å². The summed E-state index contributed by atoms with van der Waals surface area (Å²) in [7, 11) is 3.61. The first kappa shape index (κ1) is 18.7. The van der Waals surface area contributed by atoms with Crippen LogP contribution in [0.15, 0.2) is 42.6 Å². The lowest BCUT2D eigenvalue weighted by molar-refractivity contribution is 0.101. The fourth-order valence-electron chi connectivity index (χ4n) is 3.94. The number of hydrogen-bond acceptors (Lipinski definition) is 4. The molecule has 6 heteroatoms. The maximum Gasteiger partial charge on any atom is 0.276 e. The predicted octanol–water partition coefficient (Wildman–Crippen LogP) is 3.35. The molecule has 28 heavy (non-hydrogen) atoms. The van der Waals surface area contributed by atoms with Gasteiger partial charge in [0, 0.05) is 50.9 Å². The molecule has 1 aliphatic heterocycles. The van der Waals surface area contributed by atoms with Gasteiger partial charge in [-0.25, -0.2) is 0 Å². The van der Waals surface area contributed by atoms with Crippen molar-refractivity contribution in [1.82, 2.24) is 14.7 Å². The first-order valence-corrected chi connectivity index (χ1v) is 9.62. The lowest BCUT2D eigenvalue weighted by Gasteiger charge is -2.16. The first-order valence-electron chi connectivity index (χ1n) is 9.62. The minimum absolute atomic E-state index is 0.169. The number of benzene rings is 2. The number of fused-ring (bicyclic) bond motifs is 1. The number of ether oxygens (including phenoxy) is 1. The van der Waals surface area contributed by atoms with Gasteiger partial charge in [-0.05, 0) is 24.3 Å². The molecule has 3 aromatic rings. The molecular weight excluding hydrogens is 352 g/mol. The van der Waals surface area contributed by atoms with Crippen LogP contribution in [0, 0.1) is 6.92 Å². The summed E-state index contributed by atoms with van der Waals surface area (Å²) in [5.74, 6) is -0.169. The molecule has 0 aliphatic carbocycles. The third-order valence-corrected chi connectivity index (χ3v) is 5.45. The molecule has 0 spiro atoms. The summed E-state index contributed by atoms with van der Waals surface area (Å²) in [5, 5.41) is 9.70. The van der Waals surface area contributed by atoms with Gasteiger partial charge in [0.2, 0.25) is 0 Å². The predicted molar refractivity (Wildman–Crippen MR) is 111 cm³/mol. The van der Waals surface area contributed by atoms with E-state index < -0.39 is 0 Å². The van der Waals surface area contributed by atoms with Crippen LogP contribution in [0.4, 0.5) is 5.69 Å². The van der Waals surface area contributed by atoms with Crippen molar-refractivity contribution in [1.29, 1.82) is 0 Å². The molecule has 1 unspecified atom stereocenters. The Hall–Kier alpha value is -2.70. The van der Waals surface area contributed by atoms with Crippen molar-refractivity contribution in [2.45, 2.75) is 26.0 Å². The molecule has 1 fully saturated rings. The molecule has 1 aliphatic rings. The summed E-state index contributed by atoms with van der Waals surface area (Å²) in [4.78, 5) is 15.4. The van der Waals surface area contributed by atoms with E-state index in [1.807, 2.05) is 44.4 Å². The number of amides is 1. The standard InChI is InChI=1S/C22H26N4O2/c1-15-8-9-16-6-4-5-7-19(16)20(15)23-22(27)21-17(12-25(2)24-21)13-26-11-10-18(14-26)28-3/h4-9,12,18H,10-11,13-14H2,1-3H3,(H,23,27). The summed E-state index contributed by atoms with van der Waals surface area (Å²) in [6, 6.07) is 12.2. The number of methoxy groups -OCH3 is 1. The third-order valence-electron chi connectivity index (χ3n) is 5.45. The van der Waals surface area contributed by atoms with Crippen LogP contribution in [0.5, 0.6) is 0 Å². The number of anilines is 1. The SMILES string of the molecule is COC1CCN(Cc2cn(C)nc2C(=O)Nc2c(C)ccc3ccccc23)C1. The number of carbonyl (C=O) groups is 1. The van der Waals surface area contributed by atoms with Crippen molar-refractivity contribution in [3.8, 4) is 0 Å². The second-order valence-electron chi connectivity index (χ2n) is 7.49. The van der Waals surface area contributed by atoms with Crippen molar-refractivity contribution in [2.75, 3.05) is 25.5 Å². The fourth-order valence-corrected chi connectivity index (χ4v) is 3.94. The van der Waals surface area contributed by atoms with Crippen molar-refractivity contribution in [3.63, 3.8) is 0 Å². The highest BCUT2D eigenvalue weighted by atomic mass is 16.5. The van der Waals surface area contributed by atoms with Crippen molar-refractivity contribution >= 4 is 22.4 Å². The second-order valence-corrected chi connectivity index (χ2v) is 7.49. The normalized spacial score (nSPS) is 17.3. The number of aromatic nitrogens is 2. The van der Waals surface area contributed by atoms with Crippen LogP contribution in [-0.4, -0.2) is 46.9 Å². The molecule has 0 bridgehead atoms. The largest absolute Gasteiger partial charge is 0.380 e. The third kappa shape index (κ3) is 3.66. The van der Waals surface area contributed by atoms with Gasteiger partial charge in [-0.3, -0.25) is 14.4 Å². The number of nitrogens with one attached hydrogen (secondary N) is 1. The van der Waals surface area contributed by atoms with E-state index in [1.54, 1.807) is 11.8 Å². The molecule has 2 heterocycles. The van der Waals surface area contributed by atoms with Crippen LogP contribution in [0.25, 0.3) is 10.8 Å². The van der Waals surface area contributed by atoms with Crippen LogP contribution < -0.4 is 5.32 Å². The Morgan fingerprint density at radius 1 is 1.29 bits per heavy atom. The highest BCUT2D eigenvalue weighted by Gasteiger charge is 2.25. The van der Waals surface area contributed by atoms with Gasteiger partial charge in [0.05, 0.1) is 11.8 Å². The Morgan fingerprint density at radius 2 is 2.11 bits per heavy atom. The van der Waals surface area contributed by atoms with Gasteiger partial charge in [0.1, 0.15) is 0 Å². The molecule has 4 rings (SSSR count). The number of aryl methyl sites for hydroxylation is 2. The Morgan fingerprint density at radius 3 is 2.89 bits per heavy atom. The lowest BCUT2D eigenvalue weighted by Crippen LogP contribution is -2.24. The zero-order valence-electron chi connectivity index (χ0n) is 16.6. The second kappa shape index (κ2) is 7.73. The van der Waals surface area contributed by atoms with E-state index in [4.69, 9.17) is 4.74 Å². The van der Waals surface area contributed by atoms with E-state index in [0.717, 1.165) is 47.1 Å². The lowest BCUT2D eigenvalue weighted by atomic mass is 10.0. The summed E-state index contributed by atoms with van der Waals surface area (Å²) >= 11 is 0. The number of likely N-dealkylation sites (tertiary alicyclic amines) is 1. The van der Waals surface area contributed by atoms with Crippen molar-refractivity contribution in [3.05, 3.63) is 59.4 Å². The molecule has 2 aromatic carbocycles. The molecule has 1 aromatic heterocycles. The van der Waals surface area contributed by atoms with E-state index in [1.165, 1.54) is 0 Å². The Balaban J connectivity index is 1.59. The molecule has 6 nitrogen and oxygen atoms in total. The molecular formula is C22H26N4O2. The smallest absolute Gasteiger partial charge is 0.276 e. The van der Waals surface area contributed by atoms with Crippen molar-refractivity contribution in [2.24, 2.45) is 7.05 Å². The van der Waals surface area contributed by atoms with E-state index >= 15 is 0 Å². The average Bonchev–Trinajstić information content (AvgIpc) is 3.30. The molecule has 146 valence electrons. The summed E-state index contributed by atoms with van der Waals surface area (Å²) in [5.41, 5.74) is 3.30. The van der Waals surface area contributed by atoms with Crippen LogP contribution in [0.1, 0.15) is 28.0 Å². The maximum atomic E-state index is 13.1. The van der Waals surface area contributed by atoms with Gasteiger partial charge < -0.3 is 10.1 Å². The molecule has 1 N–H and O–H groups in total. The van der Waals surface area contributed by atoms with Gasteiger partial charge in [-0.2, -0.15) is 5.10 Å². The summed E-state index contributed by atoms with van der Waals surface area (Å²) < 4.78 is 7.17. The molecule has 0 radical (unpaired) electrons. The van der Waals surface area contributed by atoms with Crippen LogP contribution in [0.2, 0.25) is 0 Å². The maximum absolute atomic E-state index is 13.1. The van der Waals surface area contributed by atoms with Crippen LogP contribution in [0.3, 0.4) is 0 Å². The quantitative estimate of drug-likeness (QED) is 0.740.